The lowest BCUT2D eigenvalue weighted by atomic mass is 9.90. The van der Waals surface area contributed by atoms with Crippen LogP contribution in [0.2, 0.25) is 0 Å². The number of amides is 3. The summed E-state index contributed by atoms with van der Waals surface area (Å²) >= 11 is 0. The number of carbonyl (C=O) groups excluding carboxylic acids is 4. The zero-order valence-electron chi connectivity index (χ0n) is 26.5. The minimum atomic E-state index is -0.958. The number of esters is 1. The van der Waals surface area contributed by atoms with Crippen LogP contribution in [-0.4, -0.2) is 70.3 Å². The van der Waals surface area contributed by atoms with Crippen LogP contribution in [0.25, 0.3) is 0 Å². The fourth-order valence-electron chi connectivity index (χ4n) is 6.39. The predicted octanol–water partition coefficient (Wildman–Crippen LogP) is 3.83. The maximum atomic E-state index is 13.3. The fraction of sp³-hybridized carbons (Fsp3) is 0.471. The van der Waals surface area contributed by atoms with E-state index in [9.17, 15) is 29.3 Å². The van der Waals surface area contributed by atoms with Gasteiger partial charge in [-0.25, -0.2) is 0 Å². The molecule has 0 aromatic heterocycles. The molecule has 242 valence electrons. The Labute approximate surface area is 267 Å². The average molecular weight is 631 g/mol. The van der Waals surface area contributed by atoms with Crippen molar-refractivity contribution in [1.82, 2.24) is 9.80 Å². The first-order chi connectivity index (χ1) is 21.7. The third-order valence-electron chi connectivity index (χ3n) is 8.98. The Morgan fingerprint density at radius 3 is 2.52 bits per heavy atom. The van der Waals surface area contributed by atoms with Crippen LogP contribution in [-0.2, 0) is 20.9 Å². The van der Waals surface area contributed by atoms with Crippen molar-refractivity contribution in [3.05, 3.63) is 68.8 Å². The van der Waals surface area contributed by atoms with E-state index in [-0.39, 0.29) is 54.0 Å². The molecule has 0 radical (unpaired) electrons. The number of likely N-dealkylation sites (tertiary alicyclic amines) is 1. The summed E-state index contributed by atoms with van der Waals surface area (Å²) < 4.78 is 10.5. The Balaban J connectivity index is 1.22. The first kappa shape index (κ1) is 32.5. The smallest absolute Gasteiger partial charge is 0.310 e. The van der Waals surface area contributed by atoms with Gasteiger partial charge in [0.25, 0.3) is 11.8 Å². The maximum Gasteiger partial charge on any atom is 0.310 e. The number of hydrogen-bond acceptors (Lipinski definition) is 8. The number of carbonyl (C=O) groups is 4. The molecule has 0 unspecified atom stereocenters. The molecule has 1 aliphatic carbocycles. The monoisotopic (exact) mass is 630 g/mol. The van der Waals surface area contributed by atoms with Gasteiger partial charge in [-0.05, 0) is 75.6 Å². The standard InChI is InChI=1S/C34H38N4O8/c1-33(2,3)46-29(39)13-12-27(30(35)40)37-20-25-21(6-5-7-24(25)32(37)42)8-10-23-19-34(23)14-16-36(17-15-34)31(41)22-9-11-26(38(43)44)28(18-22)45-4/h5-7,9,11,18,23,27H,12-17,19-20H2,1-4H3,(H2,35,40)/t23-,27+/m1/s1. The molecule has 2 aromatic rings. The number of ether oxygens (including phenoxy) is 2. The first-order valence-electron chi connectivity index (χ1n) is 15.3. The summed E-state index contributed by atoms with van der Waals surface area (Å²) in [7, 11) is 1.33. The summed E-state index contributed by atoms with van der Waals surface area (Å²) in [5.74, 6) is 5.21. The van der Waals surface area contributed by atoms with Gasteiger partial charge in [0.05, 0.1) is 12.0 Å². The first-order valence-corrected chi connectivity index (χ1v) is 15.3. The largest absolute Gasteiger partial charge is 0.490 e. The number of methoxy groups -OCH3 is 1. The number of nitrogens with two attached hydrogens (primary N) is 1. The Morgan fingerprint density at radius 1 is 1.17 bits per heavy atom. The second-order valence-electron chi connectivity index (χ2n) is 13.1. The second-order valence-corrected chi connectivity index (χ2v) is 13.1. The zero-order chi connectivity index (χ0) is 33.4. The molecular formula is C34H38N4O8. The fourth-order valence-corrected chi connectivity index (χ4v) is 6.39. The molecule has 2 heterocycles. The average Bonchev–Trinajstić information content (AvgIpc) is 3.56. The summed E-state index contributed by atoms with van der Waals surface area (Å²) in [6.07, 6.45) is 2.51. The van der Waals surface area contributed by atoms with E-state index in [2.05, 4.69) is 11.8 Å². The predicted molar refractivity (Wildman–Crippen MR) is 167 cm³/mol. The van der Waals surface area contributed by atoms with E-state index in [0.29, 0.717) is 29.8 Å². The minimum absolute atomic E-state index is 0.0233. The summed E-state index contributed by atoms with van der Waals surface area (Å²) in [4.78, 5) is 64.9. The molecule has 2 atom stereocenters. The maximum absolute atomic E-state index is 13.3. The van der Waals surface area contributed by atoms with Gasteiger partial charge in [0, 0.05) is 60.8 Å². The van der Waals surface area contributed by atoms with Crippen LogP contribution in [0.1, 0.15) is 84.7 Å². The van der Waals surface area contributed by atoms with Gasteiger partial charge in [0.2, 0.25) is 5.91 Å². The summed E-state index contributed by atoms with van der Waals surface area (Å²) in [5.41, 5.74) is 7.10. The summed E-state index contributed by atoms with van der Waals surface area (Å²) in [6, 6.07) is 8.53. The van der Waals surface area contributed by atoms with Gasteiger partial charge in [0.15, 0.2) is 5.75 Å². The van der Waals surface area contributed by atoms with E-state index < -0.39 is 28.4 Å². The van der Waals surface area contributed by atoms with Crippen molar-refractivity contribution in [2.24, 2.45) is 17.1 Å². The van der Waals surface area contributed by atoms with Crippen molar-refractivity contribution in [3.8, 4) is 17.6 Å². The molecule has 5 rings (SSSR count). The number of fused-ring (bicyclic) bond motifs is 1. The number of nitro benzene ring substituents is 1. The van der Waals surface area contributed by atoms with Crippen molar-refractivity contribution < 1.29 is 33.6 Å². The van der Waals surface area contributed by atoms with E-state index >= 15 is 0 Å². The molecule has 3 amide bonds. The normalized spacial score (nSPS) is 18.7. The lowest BCUT2D eigenvalue weighted by Gasteiger charge is -2.32. The van der Waals surface area contributed by atoms with E-state index in [0.717, 1.165) is 24.8 Å². The SMILES string of the molecule is COc1cc(C(=O)N2CCC3(CC2)C[C@H]3C#Cc2cccc3c2CN([C@@H](CCC(=O)OC(C)(C)C)C(N)=O)C3=O)ccc1[N+](=O)[O-]. The molecule has 1 saturated heterocycles. The lowest BCUT2D eigenvalue weighted by Crippen LogP contribution is -2.45. The van der Waals surface area contributed by atoms with Gasteiger partial charge < -0.3 is 25.0 Å². The highest BCUT2D eigenvalue weighted by Gasteiger charge is 2.54. The van der Waals surface area contributed by atoms with Crippen molar-refractivity contribution >= 4 is 29.4 Å². The number of rotatable bonds is 8. The van der Waals surface area contributed by atoms with Crippen molar-refractivity contribution in [2.75, 3.05) is 20.2 Å². The van der Waals surface area contributed by atoms with Gasteiger partial charge in [0.1, 0.15) is 11.6 Å². The van der Waals surface area contributed by atoms with Crippen LogP contribution in [0.5, 0.6) is 5.75 Å². The molecule has 2 N–H and O–H groups in total. The van der Waals surface area contributed by atoms with Crippen LogP contribution in [0, 0.1) is 33.3 Å². The molecule has 12 nitrogen and oxygen atoms in total. The molecule has 0 bridgehead atoms. The Morgan fingerprint density at radius 2 is 1.89 bits per heavy atom. The van der Waals surface area contributed by atoms with Crippen molar-refractivity contribution in [2.45, 2.75) is 71.1 Å². The van der Waals surface area contributed by atoms with E-state index in [1.165, 1.54) is 30.2 Å². The second kappa shape index (κ2) is 12.5. The Bertz CT molecular complexity index is 1660. The van der Waals surface area contributed by atoms with Gasteiger partial charge in [-0.1, -0.05) is 17.9 Å². The lowest BCUT2D eigenvalue weighted by molar-refractivity contribution is -0.385. The molecule has 2 aromatic carbocycles. The minimum Gasteiger partial charge on any atom is -0.490 e. The molecule has 12 heteroatoms. The molecule has 46 heavy (non-hydrogen) atoms. The molecule has 3 aliphatic rings. The highest BCUT2D eigenvalue weighted by atomic mass is 16.6. The van der Waals surface area contributed by atoms with Crippen LogP contribution < -0.4 is 10.5 Å². The van der Waals surface area contributed by atoms with Crippen LogP contribution in [0.3, 0.4) is 0 Å². The third-order valence-corrected chi connectivity index (χ3v) is 8.98. The van der Waals surface area contributed by atoms with Gasteiger partial charge in [-0.3, -0.25) is 29.3 Å². The summed E-state index contributed by atoms with van der Waals surface area (Å²) in [5, 5.41) is 11.2. The zero-order valence-corrected chi connectivity index (χ0v) is 26.5. The van der Waals surface area contributed by atoms with Crippen LogP contribution in [0.4, 0.5) is 5.69 Å². The number of piperidine rings is 1. The number of benzene rings is 2. The van der Waals surface area contributed by atoms with Gasteiger partial charge in [-0.2, -0.15) is 0 Å². The van der Waals surface area contributed by atoms with E-state index in [1.807, 2.05) is 6.07 Å². The van der Waals surface area contributed by atoms with Crippen LogP contribution >= 0.6 is 0 Å². The highest BCUT2D eigenvalue weighted by molar-refractivity contribution is 6.01. The number of nitro groups is 1. The number of primary amides is 1. The Hall–Kier alpha value is -4.92. The molecule has 2 fully saturated rings. The van der Waals surface area contributed by atoms with Crippen LogP contribution in [0.15, 0.2) is 36.4 Å². The quantitative estimate of drug-likeness (QED) is 0.199. The molecule has 2 aliphatic heterocycles. The van der Waals surface area contributed by atoms with Crippen molar-refractivity contribution in [3.63, 3.8) is 0 Å². The van der Waals surface area contributed by atoms with Gasteiger partial charge >= 0.3 is 11.7 Å². The molecular weight excluding hydrogens is 592 g/mol. The molecule has 1 saturated carbocycles. The van der Waals surface area contributed by atoms with Crippen molar-refractivity contribution in [1.29, 1.82) is 0 Å². The topological polar surface area (TPSA) is 162 Å². The molecule has 1 spiro atoms. The van der Waals surface area contributed by atoms with Gasteiger partial charge in [-0.15, -0.1) is 0 Å². The summed E-state index contributed by atoms with van der Waals surface area (Å²) in [6.45, 7) is 6.55. The van der Waals surface area contributed by atoms with E-state index in [4.69, 9.17) is 15.2 Å². The third kappa shape index (κ3) is 6.68. The Kier molecular flexibility index (Phi) is 8.80. The van der Waals surface area contributed by atoms with E-state index in [1.54, 1.807) is 37.8 Å². The highest BCUT2D eigenvalue weighted by Crippen LogP contribution is 2.59. The number of hydrogen-bond donors (Lipinski definition) is 1. The number of nitrogens with zero attached hydrogens (tertiary/aromatic N) is 3.